The molecule has 0 aromatic heterocycles. The first-order valence-corrected chi connectivity index (χ1v) is 7.40. The first-order chi connectivity index (χ1) is 8.31. The highest BCUT2D eigenvalue weighted by atomic mass is 16.5. The molecule has 2 aliphatic heterocycles. The summed E-state index contributed by atoms with van der Waals surface area (Å²) >= 11 is 0. The van der Waals surface area contributed by atoms with E-state index in [4.69, 9.17) is 4.74 Å². The number of rotatable bonds is 6. The van der Waals surface area contributed by atoms with Gasteiger partial charge in [-0.2, -0.15) is 0 Å². The van der Waals surface area contributed by atoms with Crippen LogP contribution in [0.4, 0.5) is 0 Å². The summed E-state index contributed by atoms with van der Waals surface area (Å²) in [6.45, 7) is 10.3. The van der Waals surface area contributed by atoms with Gasteiger partial charge in [-0.05, 0) is 38.3 Å². The minimum Gasteiger partial charge on any atom is -0.372 e. The van der Waals surface area contributed by atoms with Gasteiger partial charge in [0.15, 0.2) is 0 Å². The van der Waals surface area contributed by atoms with Crippen LogP contribution in [-0.4, -0.2) is 49.8 Å². The molecule has 0 amide bonds. The van der Waals surface area contributed by atoms with E-state index in [-0.39, 0.29) is 0 Å². The number of hydrogen-bond donors (Lipinski definition) is 1. The van der Waals surface area contributed by atoms with Crippen molar-refractivity contribution >= 4 is 0 Å². The molecule has 17 heavy (non-hydrogen) atoms. The van der Waals surface area contributed by atoms with E-state index in [9.17, 15) is 0 Å². The predicted molar refractivity (Wildman–Crippen MR) is 71.3 cm³/mol. The van der Waals surface area contributed by atoms with Crippen molar-refractivity contribution in [1.82, 2.24) is 10.2 Å². The number of likely N-dealkylation sites (tertiary alicyclic amines) is 1. The fraction of sp³-hybridized carbons (Fsp3) is 1.00. The third-order valence-corrected chi connectivity index (χ3v) is 4.23. The summed E-state index contributed by atoms with van der Waals surface area (Å²) in [5.74, 6) is 0.939. The summed E-state index contributed by atoms with van der Waals surface area (Å²) < 4.78 is 6.09. The zero-order valence-corrected chi connectivity index (χ0v) is 11.5. The smallest absolute Gasteiger partial charge is 0.0707 e. The molecule has 2 heterocycles. The first kappa shape index (κ1) is 13.3. The zero-order chi connectivity index (χ0) is 12.1. The molecule has 100 valence electrons. The van der Waals surface area contributed by atoms with Crippen molar-refractivity contribution in [1.29, 1.82) is 0 Å². The molecule has 0 spiro atoms. The van der Waals surface area contributed by atoms with E-state index in [1.165, 1.54) is 45.3 Å². The second-order valence-corrected chi connectivity index (χ2v) is 5.59. The third-order valence-electron chi connectivity index (χ3n) is 4.23. The minimum absolute atomic E-state index is 0.463. The normalized spacial score (nSPS) is 34.6. The van der Waals surface area contributed by atoms with E-state index in [0.717, 1.165) is 19.0 Å². The van der Waals surface area contributed by atoms with E-state index >= 15 is 0 Å². The molecule has 3 nitrogen and oxygen atoms in total. The Hall–Kier alpha value is -0.120. The van der Waals surface area contributed by atoms with Crippen LogP contribution in [0.3, 0.4) is 0 Å². The lowest BCUT2D eigenvalue weighted by Gasteiger charge is -2.21. The summed E-state index contributed by atoms with van der Waals surface area (Å²) in [6, 6.07) is 0. The Labute approximate surface area is 106 Å². The Morgan fingerprint density at radius 3 is 2.71 bits per heavy atom. The van der Waals surface area contributed by atoms with Crippen LogP contribution in [0.5, 0.6) is 0 Å². The van der Waals surface area contributed by atoms with Crippen LogP contribution >= 0.6 is 0 Å². The molecule has 0 aromatic rings. The van der Waals surface area contributed by atoms with Crippen LogP contribution < -0.4 is 5.32 Å². The predicted octanol–water partition coefficient (Wildman–Crippen LogP) is 1.88. The van der Waals surface area contributed by atoms with Gasteiger partial charge in [0.25, 0.3) is 0 Å². The lowest BCUT2D eigenvalue weighted by molar-refractivity contribution is 0.0271. The molecule has 2 saturated heterocycles. The van der Waals surface area contributed by atoms with Gasteiger partial charge in [0, 0.05) is 19.6 Å². The molecule has 0 saturated carbocycles. The highest BCUT2D eigenvalue weighted by molar-refractivity contribution is 4.81. The summed E-state index contributed by atoms with van der Waals surface area (Å²) in [7, 11) is 0. The van der Waals surface area contributed by atoms with Crippen molar-refractivity contribution in [2.45, 2.75) is 51.7 Å². The average Bonchev–Trinajstić information content (AvgIpc) is 2.96. The van der Waals surface area contributed by atoms with Crippen molar-refractivity contribution in [2.75, 3.05) is 32.7 Å². The Balaban J connectivity index is 1.64. The SMILES string of the molecule is CCNCC1CCC(CN2CCC(CC)C2)O1. The molecule has 0 bridgehead atoms. The maximum atomic E-state index is 6.09. The fourth-order valence-corrected chi connectivity index (χ4v) is 3.07. The van der Waals surface area contributed by atoms with Crippen LogP contribution in [-0.2, 0) is 4.74 Å². The Morgan fingerprint density at radius 1 is 1.18 bits per heavy atom. The molecule has 0 aromatic carbocycles. The van der Waals surface area contributed by atoms with E-state index < -0.39 is 0 Å². The second-order valence-electron chi connectivity index (χ2n) is 5.59. The van der Waals surface area contributed by atoms with E-state index in [1.807, 2.05) is 0 Å². The largest absolute Gasteiger partial charge is 0.372 e. The van der Waals surface area contributed by atoms with Crippen LogP contribution in [0.15, 0.2) is 0 Å². The summed E-state index contributed by atoms with van der Waals surface area (Å²) in [5, 5.41) is 3.38. The van der Waals surface area contributed by atoms with Crippen molar-refractivity contribution in [2.24, 2.45) is 5.92 Å². The molecular weight excluding hydrogens is 212 g/mol. The maximum Gasteiger partial charge on any atom is 0.0707 e. The van der Waals surface area contributed by atoms with Crippen LogP contribution in [0.1, 0.15) is 39.5 Å². The average molecular weight is 240 g/mol. The van der Waals surface area contributed by atoms with Gasteiger partial charge < -0.3 is 15.0 Å². The molecular formula is C14H28N2O. The van der Waals surface area contributed by atoms with E-state index in [1.54, 1.807) is 0 Å². The molecule has 2 fully saturated rings. The molecule has 0 radical (unpaired) electrons. The number of nitrogens with one attached hydrogen (secondary N) is 1. The van der Waals surface area contributed by atoms with Gasteiger partial charge in [-0.3, -0.25) is 0 Å². The lowest BCUT2D eigenvalue weighted by atomic mass is 10.1. The second kappa shape index (κ2) is 6.72. The molecule has 1 N–H and O–H groups in total. The van der Waals surface area contributed by atoms with Crippen molar-refractivity contribution in [3.05, 3.63) is 0 Å². The number of ether oxygens (including phenoxy) is 1. The first-order valence-electron chi connectivity index (χ1n) is 7.40. The van der Waals surface area contributed by atoms with Gasteiger partial charge in [-0.25, -0.2) is 0 Å². The van der Waals surface area contributed by atoms with Crippen LogP contribution in [0, 0.1) is 5.92 Å². The van der Waals surface area contributed by atoms with Crippen LogP contribution in [0.2, 0.25) is 0 Å². The van der Waals surface area contributed by atoms with Gasteiger partial charge >= 0.3 is 0 Å². The van der Waals surface area contributed by atoms with E-state index in [2.05, 4.69) is 24.1 Å². The number of nitrogens with zero attached hydrogens (tertiary/aromatic N) is 1. The topological polar surface area (TPSA) is 24.5 Å². The molecule has 3 unspecified atom stereocenters. The maximum absolute atomic E-state index is 6.09. The highest BCUT2D eigenvalue weighted by Crippen LogP contribution is 2.24. The van der Waals surface area contributed by atoms with Crippen molar-refractivity contribution < 1.29 is 4.74 Å². The summed E-state index contributed by atoms with van der Waals surface area (Å²) in [4.78, 5) is 2.61. The van der Waals surface area contributed by atoms with Crippen LogP contribution in [0.25, 0.3) is 0 Å². The fourth-order valence-electron chi connectivity index (χ4n) is 3.07. The highest BCUT2D eigenvalue weighted by Gasteiger charge is 2.29. The Morgan fingerprint density at radius 2 is 2.00 bits per heavy atom. The number of hydrogen-bond acceptors (Lipinski definition) is 3. The monoisotopic (exact) mass is 240 g/mol. The van der Waals surface area contributed by atoms with Gasteiger partial charge in [0.2, 0.25) is 0 Å². The summed E-state index contributed by atoms with van der Waals surface area (Å²) in [6.07, 6.45) is 6.18. The minimum atomic E-state index is 0.463. The van der Waals surface area contributed by atoms with Gasteiger partial charge in [0.1, 0.15) is 0 Å². The Kier molecular flexibility index (Phi) is 5.26. The number of likely N-dealkylation sites (N-methyl/N-ethyl adjacent to an activating group) is 1. The van der Waals surface area contributed by atoms with E-state index in [0.29, 0.717) is 12.2 Å². The third kappa shape index (κ3) is 3.94. The molecule has 2 rings (SSSR count). The Bertz CT molecular complexity index is 222. The molecule has 0 aliphatic carbocycles. The summed E-state index contributed by atoms with van der Waals surface area (Å²) in [5.41, 5.74) is 0. The lowest BCUT2D eigenvalue weighted by Crippen LogP contribution is -2.32. The van der Waals surface area contributed by atoms with Gasteiger partial charge in [-0.15, -0.1) is 0 Å². The quantitative estimate of drug-likeness (QED) is 0.767. The molecule has 3 atom stereocenters. The van der Waals surface area contributed by atoms with Gasteiger partial charge in [0.05, 0.1) is 12.2 Å². The van der Waals surface area contributed by atoms with Crippen molar-refractivity contribution in [3.8, 4) is 0 Å². The standard InChI is InChI=1S/C14H28N2O/c1-3-12-7-8-16(10-12)11-14-6-5-13(17-14)9-15-4-2/h12-15H,3-11H2,1-2H3. The molecule has 3 heteroatoms. The van der Waals surface area contributed by atoms with Gasteiger partial charge in [-0.1, -0.05) is 20.3 Å². The zero-order valence-electron chi connectivity index (χ0n) is 11.5. The molecule has 2 aliphatic rings. The van der Waals surface area contributed by atoms with Crippen molar-refractivity contribution in [3.63, 3.8) is 0 Å².